The molecule has 0 aromatic rings. The first-order valence-corrected chi connectivity index (χ1v) is 6.45. The van der Waals surface area contributed by atoms with Gasteiger partial charge in [-0.05, 0) is 26.3 Å². The Morgan fingerprint density at radius 2 is 2.00 bits per heavy atom. The number of rotatable bonds is 2. The molecule has 2 aliphatic rings. The van der Waals surface area contributed by atoms with Crippen LogP contribution in [0.4, 0.5) is 0 Å². The number of hydrogen-bond donors (Lipinski definition) is 1. The average molecular weight is 222 g/mol. The molecule has 2 rings (SSSR count). The van der Waals surface area contributed by atoms with Crippen molar-refractivity contribution in [3.8, 4) is 0 Å². The van der Waals surface area contributed by atoms with Gasteiger partial charge in [0.1, 0.15) is 0 Å². The Kier molecular flexibility index (Phi) is 3.99. The first kappa shape index (κ1) is 11.6. The van der Waals surface area contributed by atoms with Crippen molar-refractivity contribution in [2.75, 3.05) is 13.6 Å². The van der Waals surface area contributed by atoms with Crippen molar-refractivity contribution in [1.29, 1.82) is 0 Å². The Labute approximate surface area is 97.9 Å². The summed E-state index contributed by atoms with van der Waals surface area (Å²) in [5.41, 5.74) is 0. The number of likely N-dealkylation sites (N-methyl/N-ethyl adjacent to an activating group) is 1. The minimum atomic E-state index is -0.0133. The maximum absolute atomic E-state index is 12.3. The zero-order chi connectivity index (χ0) is 11.4. The molecule has 90 valence electrons. The predicted molar refractivity (Wildman–Crippen MR) is 65.2 cm³/mol. The highest BCUT2D eigenvalue weighted by atomic mass is 16.2. The second-order valence-corrected chi connectivity index (χ2v) is 4.83. The maximum Gasteiger partial charge on any atom is 0.240 e. The van der Waals surface area contributed by atoms with Gasteiger partial charge in [-0.25, -0.2) is 0 Å². The molecule has 0 aromatic carbocycles. The Balaban J connectivity index is 2.05. The van der Waals surface area contributed by atoms with Gasteiger partial charge in [0.2, 0.25) is 5.91 Å². The van der Waals surface area contributed by atoms with Crippen LogP contribution in [0.5, 0.6) is 0 Å². The molecule has 1 aliphatic heterocycles. The van der Waals surface area contributed by atoms with Crippen LogP contribution in [-0.2, 0) is 4.79 Å². The summed E-state index contributed by atoms with van der Waals surface area (Å²) in [5.74, 6) is 0.291. The fraction of sp³-hybridized carbons (Fsp3) is 0.769. The van der Waals surface area contributed by atoms with E-state index in [1.807, 2.05) is 7.05 Å². The monoisotopic (exact) mass is 222 g/mol. The molecule has 1 aliphatic carbocycles. The standard InChI is InChI=1S/C13H22N2O/c1-14-12-9-5-6-10-15(13(12)16)11-7-3-2-4-8-11/h5-6,11-12,14H,2-4,7-10H2,1H3. The van der Waals surface area contributed by atoms with Crippen LogP contribution in [0.1, 0.15) is 38.5 Å². The van der Waals surface area contributed by atoms with Gasteiger partial charge in [-0.15, -0.1) is 0 Å². The van der Waals surface area contributed by atoms with Crippen molar-refractivity contribution in [3.05, 3.63) is 12.2 Å². The number of nitrogens with zero attached hydrogens (tertiary/aromatic N) is 1. The van der Waals surface area contributed by atoms with Gasteiger partial charge >= 0.3 is 0 Å². The minimum Gasteiger partial charge on any atom is -0.335 e. The second kappa shape index (κ2) is 5.48. The van der Waals surface area contributed by atoms with E-state index in [0.717, 1.165) is 13.0 Å². The van der Waals surface area contributed by atoms with E-state index >= 15 is 0 Å². The van der Waals surface area contributed by atoms with Crippen LogP contribution in [0.15, 0.2) is 12.2 Å². The summed E-state index contributed by atoms with van der Waals surface area (Å²) >= 11 is 0. The number of hydrogen-bond acceptors (Lipinski definition) is 2. The highest BCUT2D eigenvalue weighted by molar-refractivity contribution is 5.83. The summed E-state index contributed by atoms with van der Waals surface area (Å²) in [7, 11) is 1.88. The Hall–Kier alpha value is -0.830. The van der Waals surface area contributed by atoms with Crippen molar-refractivity contribution in [1.82, 2.24) is 10.2 Å². The van der Waals surface area contributed by atoms with Crippen molar-refractivity contribution in [2.45, 2.75) is 50.6 Å². The molecule has 0 radical (unpaired) electrons. The van der Waals surface area contributed by atoms with E-state index < -0.39 is 0 Å². The summed E-state index contributed by atoms with van der Waals surface area (Å²) in [4.78, 5) is 14.4. The van der Waals surface area contributed by atoms with Crippen molar-refractivity contribution >= 4 is 5.91 Å². The summed E-state index contributed by atoms with van der Waals surface area (Å²) in [6.45, 7) is 0.807. The summed E-state index contributed by atoms with van der Waals surface area (Å²) in [6, 6.07) is 0.473. The molecule has 0 bridgehead atoms. The third-order valence-corrected chi connectivity index (χ3v) is 3.79. The molecule has 1 unspecified atom stereocenters. The van der Waals surface area contributed by atoms with Gasteiger partial charge in [-0.3, -0.25) is 4.79 Å². The first-order valence-electron chi connectivity index (χ1n) is 6.45. The number of carbonyl (C=O) groups excluding carboxylic acids is 1. The van der Waals surface area contributed by atoms with E-state index in [9.17, 15) is 4.79 Å². The molecule has 1 fully saturated rings. The molecular weight excluding hydrogens is 200 g/mol. The Bertz CT molecular complexity index is 269. The summed E-state index contributed by atoms with van der Waals surface area (Å²) < 4.78 is 0. The Morgan fingerprint density at radius 1 is 1.25 bits per heavy atom. The van der Waals surface area contributed by atoms with Crippen LogP contribution in [0.2, 0.25) is 0 Å². The number of amides is 1. The SMILES string of the molecule is CNC1CC=CCN(C2CCCCC2)C1=O. The molecule has 0 saturated heterocycles. The van der Waals surface area contributed by atoms with Crippen LogP contribution in [0, 0.1) is 0 Å². The number of carbonyl (C=O) groups is 1. The van der Waals surface area contributed by atoms with E-state index in [-0.39, 0.29) is 6.04 Å². The van der Waals surface area contributed by atoms with Gasteiger partial charge in [0.05, 0.1) is 6.04 Å². The molecule has 1 N–H and O–H groups in total. The van der Waals surface area contributed by atoms with Gasteiger partial charge in [0.15, 0.2) is 0 Å². The largest absolute Gasteiger partial charge is 0.335 e. The predicted octanol–water partition coefficient (Wildman–Crippen LogP) is 1.70. The summed E-state index contributed by atoms with van der Waals surface area (Å²) in [6.07, 6.45) is 11.4. The van der Waals surface area contributed by atoms with E-state index in [2.05, 4.69) is 22.4 Å². The van der Waals surface area contributed by atoms with Crippen LogP contribution in [0.25, 0.3) is 0 Å². The zero-order valence-electron chi connectivity index (χ0n) is 10.1. The van der Waals surface area contributed by atoms with Gasteiger partial charge < -0.3 is 10.2 Å². The molecule has 1 amide bonds. The normalized spacial score (nSPS) is 28.2. The first-order chi connectivity index (χ1) is 7.83. The van der Waals surface area contributed by atoms with Gasteiger partial charge in [0.25, 0.3) is 0 Å². The van der Waals surface area contributed by atoms with Crippen LogP contribution >= 0.6 is 0 Å². The smallest absolute Gasteiger partial charge is 0.240 e. The lowest BCUT2D eigenvalue weighted by Gasteiger charge is -2.34. The third-order valence-electron chi connectivity index (χ3n) is 3.79. The van der Waals surface area contributed by atoms with E-state index in [0.29, 0.717) is 11.9 Å². The lowest BCUT2D eigenvalue weighted by atomic mass is 9.94. The highest BCUT2D eigenvalue weighted by Crippen LogP contribution is 2.24. The van der Waals surface area contributed by atoms with Crippen LogP contribution < -0.4 is 5.32 Å². The molecule has 3 heteroatoms. The van der Waals surface area contributed by atoms with E-state index in [4.69, 9.17) is 0 Å². The van der Waals surface area contributed by atoms with Crippen molar-refractivity contribution in [2.24, 2.45) is 0 Å². The third kappa shape index (κ3) is 2.46. The number of nitrogens with one attached hydrogen (secondary N) is 1. The fourth-order valence-electron chi connectivity index (χ4n) is 2.77. The molecular formula is C13H22N2O. The topological polar surface area (TPSA) is 32.3 Å². The fourth-order valence-corrected chi connectivity index (χ4v) is 2.77. The quantitative estimate of drug-likeness (QED) is 0.721. The molecule has 1 saturated carbocycles. The lowest BCUT2D eigenvalue weighted by Crippen LogP contribution is -2.49. The highest BCUT2D eigenvalue weighted by Gasteiger charge is 2.29. The van der Waals surface area contributed by atoms with Crippen molar-refractivity contribution < 1.29 is 4.79 Å². The second-order valence-electron chi connectivity index (χ2n) is 4.83. The van der Waals surface area contributed by atoms with Gasteiger partial charge in [-0.2, -0.15) is 0 Å². The molecule has 16 heavy (non-hydrogen) atoms. The molecule has 0 spiro atoms. The van der Waals surface area contributed by atoms with E-state index in [1.54, 1.807) is 0 Å². The van der Waals surface area contributed by atoms with Crippen molar-refractivity contribution in [3.63, 3.8) is 0 Å². The average Bonchev–Trinajstić information content (AvgIpc) is 2.52. The lowest BCUT2D eigenvalue weighted by molar-refractivity contribution is -0.135. The van der Waals surface area contributed by atoms with Crippen LogP contribution in [-0.4, -0.2) is 36.5 Å². The minimum absolute atomic E-state index is 0.0133. The zero-order valence-corrected chi connectivity index (χ0v) is 10.1. The van der Waals surface area contributed by atoms with Gasteiger partial charge in [0, 0.05) is 12.6 Å². The molecule has 3 nitrogen and oxygen atoms in total. The molecule has 0 aromatic heterocycles. The Morgan fingerprint density at radius 3 is 2.69 bits per heavy atom. The van der Waals surface area contributed by atoms with Gasteiger partial charge in [-0.1, -0.05) is 31.4 Å². The molecule has 1 atom stereocenters. The molecule has 1 heterocycles. The van der Waals surface area contributed by atoms with E-state index in [1.165, 1.54) is 32.1 Å². The maximum atomic E-state index is 12.3. The summed E-state index contributed by atoms with van der Waals surface area (Å²) in [5, 5.41) is 3.12. The van der Waals surface area contributed by atoms with Crippen LogP contribution in [0.3, 0.4) is 0 Å².